The van der Waals surface area contributed by atoms with Gasteiger partial charge in [-0.25, -0.2) is 4.98 Å². The Hall–Kier alpha value is -2.92. The molecule has 0 atom stereocenters. The van der Waals surface area contributed by atoms with Crippen molar-refractivity contribution in [2.24, 2.45) is 0 Å². The molecule has 0 spiro atoms. The van der Waals surface area contributed by atoms with Gasteiger partial charge in [0.25, 0.3) is 0 Å². The molecule has 2 aromatic carbocycles. The zero-order valence-corrected chi connectivity index (χ0v) is 16.7. The number of amides is 1. The van der Waals surface area contributed by atoms with Crippen LogP contribution < -0.4 is 10.1 Å². The summed E-state index contributed by atoms with van der Waals surface area (Å²) in [6.07, 6.45) is 3.26. The minimum atomic E-state index is -0.205. The molecule has 1 N–H and O–H groups in total. The maximum atomic E-state index is 12.2. The Morgan fingerprint density at radius 1 is 1.07 bits per heavy atom. The Labute approximate surface area is 163 Å². The topological polar surface area (TPSA) is 51.2 Å². The molecule has 0 saturated carbocycles. The molecule has 0 aliphatic heterocycles. The highest BCUT2D eigenvalue weighted by atomic mass is 32.1. The summed E-state index contributed by atoms with van der Waals surface area (Å²) < 4.78 is 5.12. The average Bonchev–Trinajstić information content (AvgIpc) is 3.11. The van der Waals surface area contributed by atoms with Gasteiger partial charge < -0.3 is 4.74 Å². The lowest BCUT2D eigenvalue weighted by molar-refractivity contribution is -0.111. The first-order valence-electron chi connectivity index (χ1n) is 8.63. The smallest absolute Gasteiger partial charge is 0.250 e. The van der Waals surface area contributed by atoms with Gasteiger partial charge in [-0.15, -0.1) is 11.3 Å². The second kappa shape index (κ2) is 8.18. The number of methoxy groups -OCH3 is 1. The number of carbonyl (C=O) groups is 1. The third-order valence-corrected chi connectivity index (χ3v) is 5.15. The van der Waals surface area contributed by atoms with Gasteiger partial charge in [-0.2, -0.15) is 0 Å². The van der Waals surface area contributed by atoms with Crippen molar-refractivity contribution in [1.29, 1.82) is 0 Å². The maximum Gasteiger partial charge on any atom is 0.250 e. The molecule has 0 aliphatic rings. The van der Waals surface area contributed by atoms with Crippen molar-refractivity contribution >= 4 is 28.5 Å². The molecule has 0 aliphatic carbocycles. The zero-order valence-electron chi connectivity index (χ0n) is 15.9. The van der Waals surface area contributed by atoms with E-state index in [1.165, 1.54) is 34.1 Å². The van der Waals surface area contributed by atoms with E-state index in [2.05, 4.69) is 43.2 Å². The van der Waals surface area contributed by atoms with E-state index in [1.807, 2.05) is 29.6 Å². The lowest BCUT2D eigenvalue weighted by atomic mass is 9.99. The van der Waals surface area contributed by atoms with Crippen LogP contribution in [0.5, 0.6) is 5.75 Å². The third-order valence-electron chi connectivity index (χ3n) is 4.39. The highest BCUT2D eigenvalue weighted by Crippen LogP contribution is 2.29. The van der Waals surface area contributed by atoms with Crippen molar-refractivity contribution in [2.75, 3.05) is 12.4 Å². The molecule has 3 aromatic rings. The van der Waals surface area contributed by atoms with Gasteiger partial charge in [-0.3, -0.25) is 10.1 Å². The predicted octanol–water partition coefficient (Wildman–Crippen LogP) is 5.40. The van der Waals surface area contributed by atoms with Crippen molar-refractivity contribution in [3.63, 3.8) is 0 Å². The Bertz CT molecular complexity index is 988. The number of nitrogens with zero attached hydrogens (tertiary/aromatic N) is 1. The Balaban J connectivity index is 1.69. The molecule has 0 saturated heterocycles. The van der Waals surface area contributed by atoms with E-state index in [4.69, 9.17) is 4.74 Å². The molecule has 0 unspecified atom stereocenters. The van der Waals surface area contributed by atoms with Crippen LogP contribution in [-0.2, 0) is 4.79 Å². The standard InChI is InChI=1S/C22H22N2O2S/c1-14-11-16(3)19(12-15(14)2)20-13-27-22(23-20)24-21(25)10-7-17-5-8-18(26-4)9-6-17/h5-13H,1-4H3,(H,23,24,25)/b10-7+. The zero-order chi connectivity index (χ0) is 19.4. The molecule has 0 bridgehead atoms. The maximum absolute atomic E-state index is 12.2. The van der Waals surface area contributed by atoms with Gasteiger partial charge >= 0.3 is 0 Å². The molecule has 3 rings (SSSR count). The first kappa shape index (κ1) is 18.9. The van der Waals surface area contributed by atoms with E-state index in [-0.39, 0.29) is 5.91 Å². The van der Waals surface area contributed by atoms with E-state index in [1.54, 1.807) is 13.2 Å². The van der Waals surface area contributed by atoms with Crippen molar-refractivity contribution in [2.45, 2.75) is 20.8 Å². The van der Waals surface area contributed by atoms with Crippen LogP contribution in [0.2, 0.25) is 0 Å². The summed E-state index contributed by atoms with van der Waals surface area (Å²) in [7, 11) is 1.62. The number of hydrogen-bond donors (Lipinski definition) is 1. The van der Waals surface area contributed by atoms with Crippen LogP contribution >= 0.6 is 11.3 Å². The van der Waals surface area contributed by atoms with Crippen molar-refractivity contribution in [1.82, 2.24) is 4.98 Å². The number of aromatic nitrogens is 1. The molecule has 1 aromatic heterocycles. The van der Waals surface area contributed by atoms with E-state index in [0.717, 1.165) is 22.6 Å². The minimum Gasteiger partial charge on any atom is -0.497 e. The molecular formula is C22H22N2O2S. The normalized spacial score (nSPS) is 11.0. The SMILES string of the molecule is COc1ccc(/C=C/C(=O)Nc2nc(-c3cc(C)c(C)cc3C)cs2)cc1. The number of thiazole rings is 1. The molecule has 1 amide bonds. The molecule has 4 nitrogen and oxygen atoms in total. The van der Waals surface area contributed by atoms with Crippen LogP contribution in [-0.4, -0.2) is 18.0 Å². The first-order valence-corrected chi connectivity index (χ1v) is 9.51. The number of benzene rings is 2. The van der Waals surface area contributed by atoms with Gasteiger partial charge in [0.15, 0.2) is 5.13 Å². The fourth-order valence-electron chi connectivity index (χ4n) is 2.73. The number of carbonyl (C=O) groups excluding carboxylic acids is 1. The van der Waals surface area contributed by atoms with Crippen molar-refractivity contribution in [3.8, 4) is 17.0 Å². The second-order valence-electron chi connectivity index (χ2n) is 6.39. The van der Waals surface area contributed by atoms with Crippen molar-refractivity contribution in [3.05, 3.63) is 70.1 Å². The largest absolute Gasteiger partial charge is 0.497 e. The second-order valence-corrected chi connectivity index (χ2v) is 7.24. The third kappa shape index (κ3) is 4.63. The molecule has 27 heavy (non-hydrogen) atoms. The Morgan fingerprint density at radius 2 is 1.78 bits per heavy atom. The summed E-state index contributed by atoms with van der Waals surface area (Å²) in [6.45, 7) is 6.28. The van der Waals surface area contributed by atoms with Gasteiger partial charge in [0.05, 0.1) is 12.8 Å². The van der Waals surface area contributed by atoms with E-state index >= 15 is 0 Å². The van der Waals surface area contributed by atoms with Crippen LogP contribution in [0.1, 0.15) is 22.3 Å². The number of hydrogen-bond acceptors (Lipinski definition) is 4. The predicted molar refractivity (Wildman–Crippen MR) is 112 cm³/mol. The summed E-state index contributed by atoms with van der Waals surface area (Å²) in [5.41, 5.74) is 6.59. The van der Waals surface area contributed by atoms with Crippen molar-refractivity contribution < 1.29 is 9.53 Å². The number of aryl methyl sites for hydroxylation is 3. The van der Waals surface area contributed by atoms with Crippen LogP contribution in [0, 0.1) is 20.8 Å². The molecular weight excluding hydrogens is 356 g/mol. The highest BCUT2D eigenvalue weighted by Gasteiger charge is 2.10. The van der Waals surface area contributed by atoms with Crippen LogP contribution in [0.3, 0.4) is 0 Å². The van der Waals surface area contributed by atoms with Crippen LogP contribution in [0.4, 0.5) is 5.13 Å². The number of nitrogens with one attached hydrogen (secondary N) is 1. The summed E-state index contributed by atoms with van der Waals surface area (Å²) in [5.74, 6) is 0.581. The van der Waals surface area contributed by atoms with E-state index in [9.17, 15) is 4.79 Å². The van der Waals surface area contributed by atoms with Crippen LogP contribution in [0.25, 0.3) is 17.3 Å². The fourth-order valence-corrected chi connectivity index (χ4v) is 3.44. The number of rotatable bonds is 5. The highest BCUT2D eigenvalue weighted by molar-refractivity contribution is 7.14. The lowest BCUT2D eigenvalue weighted by Gasteiger charge is -2.07. The van der Waals surface area contributed by atoms with Gasteiger partial charge in [0.1, 0.15) is 5.75 Å². The molecule has 5 heteroatoms. The fraction of sp³-hybridized carbons (Fsp3) is 0.182. The molecule has 0 fully saturated rings. The first-order chi connectivity index (χ1) is 13.0. The minimum absolute atomic E-state index is 0.205. The summed E-state index contributed by atoms with van der Waals surface area (Å²) >= 11 is 1.42. The summed E-state index contributed by atoms with van der Waals surface area (Å²) in [5, 5.41) is 5.39. The average molecular weight is 378 g/mol. The quantitative estimate of drug-likeness (QED) is 0.605. The number of anilines is 1. The summed E-state index contributed by atoms with van der Waals surface area (Å²) in [6, 6.07) is 11.8. The number of ether oxygens (including phenoxy) is 1. The summed E-state index contributed by atoms with van der Waals surface area (Å²) in [4.78, 5) is 16.7. The van der Waals surface area contributed by atoms with Crippen LogP contribution in [0.15, 0.2) is 47.9 Å². The van der Waals surface area contributed by atoms with E-state index in [0.29, 0.717) is 5.13 Å². The Kier molecular flexibility index (Phi) is 5.72. The van der Waals surface area contributed by atoms with Gasteiger partial charge in [0, 0.05) is 17.0 Å². The van der Waals surface area contributed by atoms with Gasteiger partial charge in [0.2, 0.25) is 5.91 Å². The molecule has 0 radical (unpaired) electrons. The molecule has 138 valence electrons. The monoisotopic (exact) mass is 378 g/mol. The van der Waals surface area contributed by atoms with Gasteiger partial charge in [-0.05, 0) is 67.3 Å². The van der Waals surface area contributed by atoms with E-state index < -0.39 is 0 Å². The lowest BCUT2D eigenvalue weighted by Crippen LogP contribution is -2.07. The Morgan fingerprint density at radius 3 is 2.48 bits per heavy atom. The molecule has 1 heterocycles. The van der Waals surface area contributed by atoms with Gasteiger partial charge in [-0.1, -0.05) is 18.2 Å².